The number of benzene rings is 1. The standard InChI is InChI=1S/C12H13FN2O2/c1-8(14-7-10-4-5-17-15-10)9-2-3-11(13)12(16)6-9/h2-6,8,14,16H,7H2,1H3. The van der Waals surface area contributed by atoms with E-state index in [-0.39, 0.29) is 11.8 Å². The number of hydrogen-bond acceptors (Lipinski definition) is 4. The number of rotatable bonds is 4. The molecule has 0 saturated heterocycles. The summed E-state index contributed by atoms with van der Waals surface area (Å²) in [5.41, 5.74) is 1.61. The van der Waals surface area contributed by atoms with Crippen LogP contribution in [-0.4, -0.2) is 10.3 Å². The highest BCUT2D eigenvalue weighted by Gasteiger charge is 2.08. The lowest BCUT2D eigenvalue weighted by Crippen LogP contribution is -2.18. The molecule has 0 bridgehead atoms. The van der Waals surface area contributed by atoms with Gasteiger partial charge in [0.2, 0.25) is 0 Å². The van der Waals surface area contributed by atoms with E-state index in [9.17, 15) is 9.50 Å². The van der Waals surface area contributed by atoms with Gasteiger partial charge in [-0.3, -0.25) is 0 Å². The Kier molecular flexibility index (Phi) is 3.39. The maximum Gasteiger partial charge on any atom is 0.164 e. The van der Waals surface area contributed by atoms with Crippen LogP contribution in [0.5, 0.6) is 5.75 Å². The number of halogens is 1. The lowest BCUT2D eigenvalue weighted by atomic mass is 10.1. The normalized spacial score (nSPS) is 12.6. The van der Waals surface area contributed by atoms with Crippen LogP contribution in [0, 0.1) is 5.82 Å². The van der Waals surface area contributed by atoms with Gasteiger partial charge >= 0.3 is 0 Å². The van der Waals surface area contributed by atoms with E-state index in [1.807, 2.05) is 6.92 Å². The number of aromatic hydroxyl groups is 1. The zero-order valence-electron chi connectivity index (χ0n) is 9.35. The summed E-state index contributed by atoms with van der Waals surface area (Å²) in [5, 5.41) is 16.2. The lowest BCUT2D eigenvalue weighted by Gasteiger charge is -2.13. The number of nitrogens with one attached hydrogen (secondary N) is 1. The Morgan fingerprint density at radius 3 is 2.94 bits per heavy atom. The van der Waals surface area contributed by atoms with Gasteiger partial charge in [0.05, 0.1) is 5.69 Å². The van der Waals surface area contributed by atoms with Crippen molar-refractivity contribution >= 4 is 0 Å². The van der Waals surface area contributed by atoms with Gasteiger partial charge in [-0.1, -0.05) is 11.2 Å². The van der Waals surface area contributed by atoms with Crippen LogP contribution in [0.3, 0.4) is 0 Å². The maximum absolute atomic E-state index is 12.9. The summed E-state index contributed by atoms with van der Waals surface area (Å²) in [6.07, 6.45) is 1.51. The Hall–Kier alpha value is -1.88. The van der Waals surface area contributed by atoms with E-state index < -0.39 is 5.82 Å². The number of phenols is 1. The fourth-order valence-electron chi connectivity index (χ4n) is 1.50. The fraction of sp³-hybridized carbons (Fsp3) is 0.250. The van der Waals surface area contributed by atoms with Gasteiger partial charge in [0.25, 0.3) is 0 Å². The predicted octanol–water partition coefficient (Wildman–Crippen LogP) is 2.37. The van der Waals surface area contributed by atoms with E-state index in [1.54, 1.807) is 12.1 Å². The van der Waals surface area contributed by atoms with Gasteiger partial charge in [-0.05, 0) is 24.6 Å². The number of phenolic OH excluding ortho intramolecular Hbond substituents is 1. The first-order valence-electron chi connectivity index (χ1n) is 5.28. The van der Waals surface area contributed by atoms with Gasteiger partial charge in [0, 0.05) is 18.7 Å². The first-order chi connectivity index (χ1) is 8.16. The minimum Gasteiger partial charge on any atom is -0.505 e. The molecule has 0 amide bonds. The van der Waals surface area contributed by atoms with Gasteiger partial charge in [-0.15, -0.1) is 0 Å². The molecule has 0 spiro atoms. The summed E-state index contributed by atoms with van der Waals surface area (Å²) >= 11 is 0. The maximum atomic E-state index is 12.9. The van der Waals surface area contributed by atoms with Crippen LogP contribution in [0.15, 0.2) is 35.1 Å². The summed E-state index contributed by atoms with van der Waals surface area (Å²) in [5.74, 6) is -0.949. The van der Waals surface area contributed by atoms with Crippen LogP contribution >= 0.6 is 0 Å². The van der Waals surface area contributed by atoms with Crippen LogP contribution in [-0.2, 0) is 6.54 Å². The van der Waals surface area contributed by atoms with Gasteiger partial charge in [0.15, 0.2) is 11.6 Å². The summed E-state index contributed by atoms with van der Waals surface area (Å²) in [6.45, 7) is 2.47. The molecule has 0 radical (unpaired) electrons. The summed E-state index contributed by atoms with van der Waals surface area (Å²) in [6, 6.07) is 6.05. The molecule has 90 valence electrons. The van der Waals surface area contributed by atoms with E-state index in [1.165, 1.54) is 18.4 Å². The van der Waals surface area contributed by atoms with Crippen molar-refractivity contribution in [3.05, 3.63) is 47.6 Å². The minimum atomic E-state index is -0.613. The molecule has 0 fully saturated rings. The molecule has 2 N–H and O–H groups in total. The molecule has 2 rings (SSSR count). The Morgan fingerprint density at radius 2 is 2.29 bits per heavy atom. The van der Waals surface area contributed by atoms with Crippen LogP contribution in [0.25, 0.3) is 0 Å². The summed E-state index contributed by atoms with van der Waals surface area (Å²) in [4.78, 5) is 0. The second-order valence-corrected chi connectivity index (χ2v) is 3.80. The van der Waals surface area contributed by atoms with Gasteiger partial charge in [-0.25, -0.2) is 4.39 Å². The quantitative estimate of drug-likeness (QED) is 0.855. The third-order valence-electron chi connectivity index (χ3n) is 2.55. The van der Waals surface area contributed by atoms with Crippen molar-refractivity contribution in [1.29, 1.82) is 0 Å². The van der Waals surface area contributed by atoms with Crippen molar-refractivity contribution in [2.45, 2.75) is 19.5 Å². The van der Waals surface area contributed by atoms with Crippen LogP contribution < -0.4 is 5.32 Å². The second kappa shape index (κ2) is 4.97. The number of aromatic nitrogens is 1. The molecular weight excluding hydrogens is 223 g/mol. The van der Waals surface area contributed by atoms with Crippen LogP contribution in [0.1, 0.15) is 24.2 Å². The smallest absolute Gasteiger partial charge is 0.164 e. The highest BCUT2D eigenvalue weighted by Crippen LogP contribution is 2.21. The zero-order valence-corrected chi connectivity index (χ0v) is 9.35. The third kappa shape index (κ3) is 2.82. The topological polar surface area (TPSA) is 58.3 Å². The van der Waals surface area contributed by atoms with Crippen molar-refractivity contribution in [1.82, 2.24) is 10.5 Å². The van der Waals surface area contributed by atoms with Crippen LogP contribution in [0.2, 0.25) is 0 Å². The number of hydrogen-bond donors (Lipinski definition) is 2. The molecule has 17 heavy (non-hydrogen) atoms. The molecule has 1 atom stereocenters. The highest BCUT2D eigenvalue weighted by molar-refractivity contribution is 5.30. The minimum absolute atomic E-state index is 0.0156. The predicted molar refractivity (Wildman–Crippen MR) is 59.8 cm³/mol. The average molecular weight is 236 g/mol. The first kappa shape index (κ1) is 11.6. The van der Waals surface area contributed by atoms with Crippen molar-refractivity contribution < 1.29 is 14.0 Å². The Labute approximate surface area is 98.1 Å². The summed E-state index contributed by atoms with van der Waals surface area (Å²) in [7, 11) is 0. The van der Waals surface area contributed by atoms with Gasteiger partial charge in [-0.2, -0.15) is 0 Å². The van der Waals surface area contributed by atoms with Crippen molar-refractivity contribution in [2.75, 3.05) is 0 Å². The molecule has 1 unspecified atom stereocenters. The van der Waals surface area contributed by atoms with E-state index in [2.05, 4.69) is 10.5 Å². The molecule has 0 aliphatic rings. The van der Waals surface area contributed by atoms with E-state index in [0.717, 1.165) is 11.3 Å². The average Bonchev–Trinajstić information content (AvgIpc) is 2.82. The molecule has 4 nitrogen and oxygen atoms in total. The molecular formula is C12H13FN2O2. The van der Waals surface area contributed by atoms with Gasteiger partial charge < -0.3 is 14.9 Å². The van der Waals surface area contributed by atoms with E-state index in [0.29, 0.717) is 6.54 Å². The van der Waals surface area contributed by atoms with Gasteiger partial charge in [0.1, 0.15) is 6.26 Å². The Morgan fingerprint density at radius 1 is 1.47 bits per heavy atom. The van der Waals surface area contributed by atoms with Crippen LogP contribution in [0.4, 0.5) is 4.39 Å². The highest BCUT2D eigenvalue weighted by atomic mass is 19.1. The first-order valence-corrected chi connectivity index (χ1v) is 5.28. The molecule has 1 aromatic carbocycles. The van der Waals surface area contributed by atoms with E-state index >= 15 is 0 Å². The largest absolute Gasteiger partial charge is 0.505 e. The van der Waals surface area contributed by atoms with Crippen molar-refractivity contribution in [3.8, 4) is 5.75 Å². The third-order valence-corrected chi connectivity index (χ3v) is 2.55. The van der Waals surface area contributed by atoms with E-state index in [4.69, 9.17) is 4.52 Å². The molecule has 1 aromatic heterocycles. The summed E-state index contributed by atoms with van der Waals surface area (Å²) < 4.78 is 17.6. The Balaban J connectivity index is 1.99. The zero-order chi connectivity index (χ0) is 12.3. The number of nitrogens with zero attached hydrogens (tertiary/aromatic N) is 1. The monoisotopic (exact) mass is 236 g/mol. The second-order valence-electron chi connectivity index (χ2n) is 3.80. The lowest BCUT2D eigenvalue weighted by molar-refractivity contribution is 0.405. The molecule has 5 heteroatoms. The molecule has 0 aliphatic carbocycles. The molecule has 0 saturated carbocycles. The molecule has 2 aromatic rings. The molecule has 0 aliphatic heterocycles. The van der Waals surface area contributed by atoms with Crippen molar-refractivity contribution in [3.63, 3.8) is 0 Å². The van der Waals surface area contributed by atoms with Crippen molar-refractivity contribution in [2.24, 2.45) is 0 Å². The Bertz CT molecular complexity index is 485. The fourth-order valence-corrected chi connectivity index (χ4v) is 1.50. The SMILES string of the molecule is CC(NCc1ccon1)c1ccc(F)c(O)c1. The molecule has 1 heterocycles.